The highest BCUT2D eigenvalue weighted by molar-refractivity contribution is 6.33. The van der Waals surface area contributed by atoms with Crippen LogP contribution in [0.25, 0.3) is 11.0 Å². The van der Waals surface area contributed by atoms with Crippen molar-refractivity contribution in [2.75, 3.05) is 6.61 Å². The maximum atomic E-state index is 7.35. The summed E-state index contributed by atoms with van der Waals surface area (Å²) in [5.41, 5.74) is 2.46. The Balaban J connectivity index is 1.34. The average Bonchev–Trinajstić information content (AvgIpc) is 3.70. The van der Waals surface area contributed by atoms with Gasteiger partial charge in [0, 0.05) is 11.6 Å². The molecule has 7 rings (SSSR count). The Bertz CT molecular complexity index is 1640. The van der Waals surface area contributed by atoms with E-state index in [9.17, 15) is 0 Å². The number of rotatable bonds is 8. The minimum absolute atomic E-state index is 0.0867. The largest absolute Gasteiger partial charge is 0.360 e. The second-order valence-corrected chi connectivity index (χ2v) is 12.3. The highest BCUT2D eigenvalue weighted by Gasteiger charge is 2.61. The lowest BCUT2D eigenvalue weighted by Gasteiger charge is -2.40. The van der Waals surface area contributed by atoms with Crippen LogP contribution in [0.15, 0.2) is 122 Å². The van der Waals surface area contributed by atoms with Crippen LogP contribution in [0.5, 0.6) is 0 Å². The van der Waals surface area contributed by atoms with E-state index in [1.54, 1.807) is 0 Å². The molecule has 1 saturated heterocycles. The van der Waals surface area contributed by atoms with Crippen LogP contribution in [0.4, 0.5) is 0 Å². The van der Waals surface area contributed by atoms with Crippen molar-refractivity contribution < 1.29 is 14.2 Å². The standard InChI is InChI=1S/C36H34ClN3O3/c1-4-35(22-29(30-31(35)43-34(2,3)42-30)40-21-20-28-32(37)38-24-39-33(28)40)23-41-36(25-14-8-5-9-15-25,26-16-10-6-11-17-26)27-18-12-7-13-19-27/h4-21,24,29-31H,1,22-23H2,2-3H3/t29-,30+,31+,35+/m1/s1. The number of nitrogens with zero attached hydrogens (tertiary/aromatic N) is 3. The molecule has 6 nitrogen and oxygen atoms in total. The molecule has 2 fully saturated rings. The van der Waals surface area contributed by atoms with Crippen LogP contribution in [-0.4, -0.2) is 39.1 Å². The van der Waals surface area contributed by atoms with Crippen LogP contribution in [0, 0.1) is 5.41 Å². The van der Waals surface area contributed by atoms with Gasteiger partial charge in [-0.2, -0.15) is 0 Å². The summed E-state index contributed by atoms with van der Waals surface area (Å²) in [6.07, 6.45) is 5.67. The minimum atomic E-state index is -0.872. The number of hydrogen-bond donors (Lipinski definition) is 0. The Kier molecular flexibility index (Phi) is 6.98. The quantitative estimate of drug-likeness (QED) is 0.105. The van der Waals surface area contributed by atoms with Crippen molar-refractivity contribution in [2.45, 2.75) is 49.9 Å². The van der Waals surface area contributed by atoms with E-state index in [1.807, 2.05) is 50.4 Å². The summed E-state index contributed by atoms with van der Waals surface area (Å²) in [6.45, 7) is 8.64. The van der Waals surface area contributed by atoms with Crippen LogP contribution in [0.1, 0.15) is 43.0 Å². The van der Waals surface area contributed by atoms with E-state index in [0.717, 1.165) is 27.7 Å². The molecule has 0 radical (unpaired) electrons. The molecule has 3 aromatic carbocycles. The van der Waals surface area contributed by atoms with Gasteiger partial charge in [-0.15, -0.1) is 6.58 Å². The van der Waals surface area contributed by atoms with Gasteiger partial charge >= 0.3 is 0 Å². The fourth-order valence-corrected chi connectivity index (χ4v) is 7.20. The van der Waals surface area contributed by atoms with E-state index >= 15 is 0 Å². The summed E-state index contributed by atoms with van der Waals surface area (Å²) in [5.74, 6) is -0.771. The molecule has 2 aromatic heterocycles. The molecule has 0 amide bonds. The fraction of sp³-hybridized carbons (Fsp3) is 0.278. The lowest BCUT2D eigenvalue weighted by Crippen LogP contribution is -2.42. The van der Waals surface area contributed by atoms with E-state index in [1.165, 1.54) is 6.33 Å². The van der Waals surface area contributed by atoms with Crippen molar-refractivity contribution in [2.24, 2.45) is 5.41 Å². The van der Waals surface area contributed by atoms with Crippen LogP contribution in [0.3, 0.4) is 0 Å². The number of halogens is 1. The average molecular weight is 592 g/mol. The first-order valence-corrected chi connectivity index (χ1v) is 15.0. The summed E-state index contributed by atoms with van der Waals surface area (Å²) in [7, 11) is 0. The van der Waals surface area contributed by atoms with Crippen molar-refractivity contribution in [3.63, 3.8) is 0 Å². The first kappa shape index (κ1) is 28.0. The van der Waals surface area contributed by atoms with Gasteiger partial charge in [0.1, 0.15) is 34.9 Å². The summed E-state index contributed by atoms with van der Waals surface area (Å²) >= 11 is 6.43. The predicted octanol–water partition coefficient (Wildman–Crippen LogP) is 7.73. The minimum Gasteiger partial charge on any atom is -0.360 e. The van der Waals surface area contributed by atoms with Crippen LogP contribution >= 0.6 is 11.6 Å². The molecule has 0 spiro atoms. The third-order valence-corrected chi connectivity index (χ3v) is 9.29. The van der Waals surface area contributed by atoms with Gasteiger partial charge < -0.3 is 18.8 Å². The zero-order chi connectivity index (χ0) is 29.7. The van der Waals surface area contributed by atoms with Crippen molar-refractivity contribution >= 4 is 22.6 Å². The van der Waals surface area contributed by atoms with Crippen molar-refractivity contribution in [1.82, 2.24) is 14.5 Å². The summed E-state index contributed by atoms with van der Waals surface area (Å²) < 4.78 is 22.8. The molecule has 5 aromatic rings. The SMILES string of the molecule is C=C[C@@]1(COC(c2ccccc2)(c2ccccc2)c2ccccc2)C[C@@H](n2ccc3c(Cl)ncnc32)[C@@H]2OC(C)(C)O[C@@H]21. The highest BCUT2D eigenvalue weighted by Crippen LogP contribution is 2.56. The van der Waals surface area contributed by atoms with Gasteiger partial charge in [-0.25, -0.2) is 9.97 Å². The van der Waals surface area contributed by atoms with Gasteiger partial charge in [-0.05, 0) is 43.0 Å². The second kappa shape index (κ2) is 10.7. The molecular weight excluding hydrogens is 558 g/mol. The van der Waals surface area contributed by atoms with Gasteiger partial charge in [0.15, 0.2) is 5.79 Å². The van der Waals surface area contributed by atoms with E-state index in [0.29, 0.717) is 18.2 Å². The zero-order valence-electron chi connectivity index (χ0n) is 24.3. The monoisotopic (exact) mass is 591 g/mol. The molecule has 0 N–H and O–H groups in total. The summed E-state index contributed by atoms with van der Waals surface area (Å²) in [5, 5.41) is 1.24. The van der Waals surface area contributed by atoms with Gasteiger partial charge in [-0.1, -0.05) is 109 Å². The molecule has 1 saturated carbocycles. The topological polar surface area (TPSA) is 58.4 Å². The molecule has 218 valence electrons. The van der Waals surface area contributed by atoms with Crippen LogP contribution in [-0.2, 0) is 19.8 Å². The highest BCUT2D eigenvalue weighted by atomic mass is 35.5. The van der Waals surface area contributed by atoms with Gasteiger partial charge in [0.05, 0.1) is 18.0 Å². The molecule has 1 aliphatic carbocycles. The van der Waals surface area contributed by atoms with E-state index in [2.05, 4.69) is 93.9 Å². The van der Waals surface area contributed by atoms with Crippen molar-refractivity contribution in [3.05, 3.63) is 144 Å². The lowest BCUT2D eigenvalue weighted by molar-refractivity contribution is -0.172. The Morgan fingerprint density at radius 2 is 1.49 bits per heavy atom. The molecule has 0 bridgehead atoms. The molecule has 2 aliphatic rings. The summed E-state index contributed by atoms with van der Waals surface area (Å²) in [6, 6.07) is 33.1. The van der Waals surface area contributed by atoms with Gasteiger partial charge in [0.2, 0.25) is 0 Å². The van der Waals surface area contributed by atoms with E-state index < -0.39 is 16.8 Å². The van der Waals surface area contributed by atoms with Crippen LogP contribution in [0.2, 0.25) is 5.15 Å². The van der Waals surface area contributed by atoms with Crippen LogP contribution < -0.4 is 0 Å². The van der Waals surface area contributed by atoms with Gasteiger partial charge in [-0.3, -0.25) is 0 Å². The van der Waals surface area contributed by atoms with E-state index in [4.69, 9.17) is 25.8 Å². The maximum Gasteiger partial charge on any atom is 0.163 e. The third-order valence-electron chi connectivity index (χ3n) is 8.99. The Morgan fingerprint density at radius 3 is 2.05 bits per heavy atom. The fourth-order valence-electron chi connectivity index (χ4n) is 7.01. The normalized spacial score (nSPS) is 24.7. The number of fused-ring (bicyclic) bond motifs is 2. The lowest BCUT2D eigenvalue weighted by atomic mass is 9.79. The molecule has 0 unspecified atom stereocenters. The first-order chi connectivity index (χ1) is 20.9. The molecule has 4 atom stereocenters. The first-order valence-electron chi connectivity index (χ1n) is 14.6. The van der Waals surface area contributed by atoms with E-state index in [-0.39, 0.29) is 18.2 Å². The number of benzene rings is 3. The Labute approximate surface area is 256 Å². The molecule has 7 heteroatoms. The summed E-state index contributed by atoms with van der Waals surface area (Å²) in [4.78, 5) is 8.76. The smallest absolute Gasteiger partial charge is 0.163 e. The molecular formula is C36H34ClN3O3. The molecule has 43 heavy (non-hydrogen) atoms. The van der Waals surface area contributed by atoms with Crippen molar-refractivity contribution in [1.29, 1.82) is 0 Å². The number of ether oxygens (including phenoxy) is 3. The zero-order valence-corrected chi connectivity index (χ0v) is 25.0. The number of hydrogen-bond acceptors (Lipinski definition) is 5. The predicted molar refractivity (Wildman–Crippen MR) is 168 cm³/mol. The second-order valence-electron chi connectivity index (χ2n) is 11.9. The van der Waals surface area contributed by atoms with Crippen molar-refractivity contribution in [3.8, 4) is 0 Å². The Morgan fingerprint density at radius 1 is 0.907 bits per heavy atom. The molecule has 3 heterocycles. The molecule has 1 aliphatic heterocycles. The van der Waals surface area contributed by atoms with Gasteiger partial charge in [0.25, 0.3) is 0 Å². The Hall–Kier alpha value is -3.81. The maximum absolute atomic E-state index is 7.35. The number of aromatic nitrogens is 3. The third kappa shape index (κ3) is 4.61.